The smallest absolute Gasteiger partial charge is 0.255 e. The summed E-state index contributed by atoms with van der Waals surface area (Å²) < 4.78 is 5.35. The zero-order chi connectivity index (χ0) is 18.6. The van der Waals surface area contributed by atoms with E-state index in [0.29, 0.717) is 23.4 Å². The van der Waals surface area contributed by atoms with Crippen LogP contribution < -0.4 is 10.9 Å². The molecule has 2 heterocycles. The Morgan fingerprint density at radius 2 is 1.93 bits per heavy atom. The van der Waals surface area contributed by atoms with Crippen LogP contribution in [0.3, 0.4) is 0 Å². The fraction of sp³-hybridized carbons (Fsp3) is 0.273. The molecule has 1 amide bonds. The second-order valence-corrected chi connectivity index (χ2v) is 6.96. The van der Waals surface area contributed by atoms with Crippen LogP contribution in [0.4, 0.5) is 0 Å². The third-order valence-corrected chi connectivity index (χ3v) is 5.12. The molecule has 5 heteroatoms. The molecule has 1 aromatic heterocycles. The largest absolute Gasteiger partial charge is 0.381 e. The predicted molar refractivity (Wildman–Crippen MR) is 106 cm³/mol. The fourth-order valence-electron chi connectivity index (χ4n) is 3.48. The highest BCUT2D eigenvalue weighted by atomic mass is 16.5. The molecular formula is C22H22N2O3. The summed E-state index contributed by atoms with van der Waals surface area (Å²) in [7, 11) is 0. The van der Waals surface area contributed by atoms with Gasteiger partial charge < -0.3 is 15.0 Å². The standard InChI is InChI=1S/C22H22N2O3/c25-21(23-10-7-15-9-12-27-14-15)18-4-1-16(2-5-18)19-6-3-17-8-11-24-22(26)20(17)13-19/h1-6,8,11,13,15H,7,9-10,12,14H2,(H,23,25)(H,24,26)/t15-/m1/s1. The Morgan fingerprint density at radius 3 is 2.70 bits per heavy atom. The molecule has 27 heavy (non-hydrogen) atoms. The number of hydrogen-bond donors (Lipinski definition) is 2. The Morgan fingerprint density at radius 1 is 1.11 bits per heavy atom. The van der Waals surface area contributed by atoms with Crippen molar-refractivity contribution >= 4 is 16.7 Å². The molecule has 0 spiro atoms. The summed E-state index contributed by atoms with van der Waals surface area (Å²) in [6.45, 7) is 2.31. The van der Waals surface area contributed by atoms with Gasteiger partial charge in [-0.25, -0.2) is 0 Å². The van der Waals surface area contributed by atoms with Gasteiger partial charge in [0.1, 0.15) is 0 Å². The van der Waals surface area contributed by atoms with Crippen molar-refractivity contribution in [3.05, 3.63) is 70.6 Å². The minimum atomic E-state index is -0.0991. The number of carbonyl (C=O) groups is 1. The lowest BCUT2D eigenvalue weighted by atomic mass is 10.0. The first kappa shape index (κ1) is 17.5. The first-order valence-corrected chi connectivity index (χ1v) is 9.28. The van der Waals surface area contributed by atoms with Crippen molar-refractivity contribution < 1.29 is 9.53 Å². The fourth-order valence-corrected chi connectivity index (χ4v) is 3.48. The SMILES string of the molecule is O=C(NCC[C@@H]1CCOC1)c1ccc(-c2ccc3cc[nH]c(=O)c3c2)cc1. The average molecular weight is 362 g/mol. The van der Waals surface area contributed by atoms with Gasteiger partial charge in [-0.05, 0) is 59.5 Å². The quantitative estimate of drug-likeness (QED) is 0.731. The van der Waals surface area contributed by atoms with Gasteiger partial charge in [-0.2, -0.15) is 0 Å². The summed E-state index contributed by atoms with van der Waals surface area (Å²) in [6, 6.07) is 15.2. The molecule has 2 aromatic carbocycles. The second kappa shape index (κ2) is 7.76. The molecule has 0 radical (unpaired) electrons. The molecule has 1 saturated heterocycles. The van der Waals surface area contributed by atoms with E-state index in [1.54, 1.807) is 6.20 Å². The zero-order valence-corrected chi connectivity index (χ0v) is 15.0. The van der Waals surface area contributed by atoms with E-state index in [9.17, 15) is 9.59 Å². The number of carbonyl (C=O) groups excluding carboxylic acids is 1. The van der Waals surface area contributed by atoms with Crippen LogP contribution >= 0.6 is 0 Å². The van der Waals surface area contributed by atoms with Crippen LogP contribution in [-0.4, -0.2) is 30.6 Å². The van der Waals surface area contributed by atoms with Crippen molar-refractivity contribution in [2.24, 2.45) is 5.92 Å². The van der Waals surface area contributed by atoms with E-state index in [1.807, 2.05) is 48.5 Å². The van der Waals surface area contributed by atoms with Crippen molar-refractivity contribution in [1.82, 2.24) is 10.3 Å². The Bertz CT molecular complexity index is 1000. The lowest BCUT2D eigenvalue weighted by Gasteiger charge is -2.09. The maximum Gasteiger partial charge on any atom is 0.255 e. The summed E-state index contributed by atoms with van der Waals surface area (Å²) in [5, 5.41) is 4.55. The number of nitrogens with one attached hydrogen (secondary N) is 2. The van der Waals surface area contributed by atoms with Crippen molar-refractivity contribution in [3.63, 3.8) is 0 Å². The van der Waals surface area contributed by atoms with Gasteiger partial charge in [0.15, 0.2) is 0 Å². The van der Waals surface area contributed by atoms with E-state index in [-0.39, 0.29) is 11.5 Å². The molecule has 1 aliphatic rings. The van der Waals surface area contributed by atoms with Crippen molar-refractivity contribution in [3.8, 4) is 11.1 Å². The number of benzene rings is 2. The second-order valence-electron chi connectivity index (χ2n) is 6.96. The maximum absolute atomic E-state index is 12.3. The number of ether oxygens (including phenoxy) is 1. The average Bonchev–Trinajstić information content (AvgIpc) is 3.22. The molecule has 2 N–H and O–H groups in total. The van der Waals surface area contributed by atoms with Gasteiger partial charge in [0.2, 0.25) is 0 Å². The predicted octanol–water partition coefficient (Wildman–Crippen LogP) is 3.35. The molecular weight excluding hydrogens is 340 g/mol. The third kappa shape index (κ3) is 3.93. The first-order chi connectivity index (χ1) is 13.2. The molecule has 0 bridgehead atoms. The van der Waals surface area contributed by atoms with E-state index in [2.05, 4.69) is 10.3 Å². The molecule has 4 rings (SSSR count). The molecule has 1 aliphatic heterocycles. The molecule has 0 aliphatic carbocycles. The third-order valence-electron chi connectivity index (χ3n) is 5.12. The van der Waals surface area contributed by atoms with Crippen molar-refractivity contribution in [2.45, 2.75) is 12.8 Å². The topological polar surface area (TPSA) is 71.2 Å². The van der Waals surface area contributed by atoms with Crippen LogP contribution in [0, 0.1) is 5.92 Å². The Balaban J connectivity index is 1.44. The molecule has 0 unspecified atom stereocenters. The Labute approximate surface area is 157 Å². The summed E-state index contributed by atoms with van der Waals surface area (Å²) in [5.41, 5.74) is 2.46. The van der Waals surface area contributed by atoms with Crippen molar-refractivity contribution in [1.29, 1.82) is 0 Å². The number of rotatable bonds is 5. The summed E-state index contributed by atoms with van der Waals surface area (Å²) >= 11 is 0. The van der Waals surface area contributed by atoms with Gasteiger partial charge in [-0.15, -0.1) is 0 Å². The van der Waals surface area contributed by atoms with E-state index >= 15 is 0 Å². The maximum atomic E-state index is 12.3. The van der Waals surface area contributed by atoms with Gasteiger partial charge in [-0.1, -0.05) is 24.3 Å². The molecule has 3 aromatic rings. The van der Waals surface area contributed by atoms with Crippen LogP contribution in [-0.2, 0) is 4.74 Å². The number of aromatic nitrogens is 1. The van der Waals surface area contributed by atoms with E-state index < -0.39 is 0 Å². The van der Waals surface area contributed by atoms with Gasteiger partial charge in [0, 0.05) is 36.9 Å². The van der Waals surface area contributed by atoms with Gasteiger partial charge in [0.05, 0.1) is 0 Å². The molecule has 138 valence electrons. The number of aromatic amines is 1. The van der Waals surface area contributed by atoms with Crippen LogP contribution in [0.5, 0.6) is 0 Å². The van der Waals surface area contributed by atoms with Crippen LogP contribution in [0.25, 0.3) is 21.9 Å². The number of amides is 1. The number of fused-ring (bicyclic) bond motifs is 1. The zero-order valence-electron chi connectivity index (χ0n) is 15.0. The van der Waals surface area contributed by atoms with Crippen LogP contribution in [0.15, 0.2) is 59.5 Å². The Hall–Kier alpha value is -2.92. The normalized spacial score (nSPS) is 16.5. The summed E-state index contributed by atoms with van der Waals surface area (Å²) in [5.74, 6) is 0.499. The number of H-pyrrole nitrogens is 1. The lowest BCUT2D eigenvalue weighted by molar-refractivity contribution is 0.0950. The molecule has 1 atom stereocenters. The van der Waals surface area contributed by atoms with Crippen LogP contribution in [0.1, 0.15) is 23.2 Å². The molecule has 1 fully saturated rings. The van der Waals surface area contributed by atoms with E-state index in [1.165, 1.54) is 0 Å². The highest BCUT2D eigenvalue weighted by Crippen LogP contribution is 2.23. The summed E-state index contributed by atoms with van der Waals surface area (Å²) in [4.78, 5) is 27.0. The van der Waals surface area contributed by atoms with E-state index in [0.717, 1.165) is 42.6 Å². The minimum Gasteiger partial charge on any atom is -0.381 e. The van der Waals surface area contributed by atoms with Crippen LogP contribution in [0.2, 0.25) is 0 Å². The van der Waals surface area contributed by atoms with Gasteiger partial charge in [-0.3, -0.25) is 9.59 Å². The number of hydrogen-bond acceptors (Lipinski definition) is 3. The summed E-state index contributed by atoms with van der Waals surface area (Å²) in [6.07, 6.45) is 3.69. The van der Waals surface area contributed by atoms with Gasteiger partial charge in [0.25, 0.3) is 11.5 Å². The van der Waals surface area contributed by atoms with Crippen molar-refractivity contribution in [2.75, 3.05) is 19.8 Å². The number of pyridine rings is 1. The lowest BCUT2D eigenvalue weighted by Crippen LogP contribution is -2.26. The monoisotopic (exact) mass is 362 g/mol. The van der Waals surface area contributed by atoms with E-state index in [4.69, 9.17) is 4.74 Å². The molecule has 5 nitrogen and oxygen atoms in total. The Kier molecular flexibility index (Phi) is 5.03. The highest BCUT2D eigenvalue weighted by molar-refractivity contribution is 5.95. The molecule has 0 saturated carbocycles. The minimum absolute atomic E-state index is 0.0598. The highest BCUT2D eigenvalue weighted by Gasteiger charge is 2.15. The van der Waals surface area contributed by atoms with Gasteiger partial charge >= 0.3 is 0 Å². The first-order valence-electron chi connectivity index (χ1n) is 9.28.